The molecule has 34 heavy (non-hydrogen) atoms. The molecule has 0 aliphatic rings. The van der Waals surface area contributed by atoms with Crippen LogP contribution in [0.1, 0.15) is 0 Å². The largest absolute Gasteiger partial charge is 0.496 e. The lowest BCUT2D eigenvalue weighted by molar-refractivity contribution is -0.142. The first-order chi connectivity index (χ1) is 16.6. The van der Waals surface area contributed by atoms with Gasteiger partial charge in [-0.3, -0.25) is 0 Å². The summed E-state index contributed by atoms with van der Waals surface area (Å²) in [5.74, 6) is 1.15. The fourth-order valence-corrected chi connectivity index (χ4v) is 3.14. The van der Waals surface area contributed by atoms with Gasteiger partial charge in [0.1, 0.15) is 5.75 Å². The van der Waals surface area contributed by atoms with Crippen molar-refractivity contribution in [1.29, 1.82) is 0 Å². The van der Waals surface area contributed by atoms with Crippen molar-refractivity contribution < 1.29 is 23.8 Å². The lowest BCUT2D eigenvalue weighted by Crippen LogP contribution is -2.34. The topological polar surface area (TPSA) is 145 Å². The van der Waals surface area contributed by atoms with Crippen molar-refractivity contribution in [2.45, 2.75) is 6.04 Å². The molecule has 11 nitrogen and oxygen atoms in total. The van der Waals surface area contributed by atoms with E-state index in [0.29, 0.717) is 23.0 Å². The Bertz CT molecular complexity index is 1250. The van der Waals surface area contributed by atoms with Crippen LogP contribution in [0.15, 0.2) is 65.5 Å². The lowest BCUT2D eigenvalue weighted by Gasteiger charge is -2.15. The molecule has 174 valence electrons. The van der Waals surface area contributed by atoms with Crippen LogP contribution in [0, 0.1) is 0 Å². The zero-order chi connectivity index (χ0) is 23.9. The summed E-state index contributed by atoms with van der Waals surface area (Å²) in [6.45, 7) is -0.498. The molecule has 0 amide bonds. The van der Waals surface area contributed by atoms with E-state index in [2.05, 4.69) is 30.6 Å². The number of hydrogen-bond donors (Lipinski definition) is 3. The fraction of sp³-hybridized carbons (Fsp3) is 0.174. The maximum atomic E-state index is 11.9. The average Bonchev–Trinajstić information content (AvgIpc) is 3.42. The summed E-state index contributed by atoms with van der Waals surface area (Å²) in [5.41, 5.74) is 2.12. The first-order valence-corrected chi connectivity index (χ1v) is 10.2. The molecule has 0 spiro atoms. The molecule has 0 saturated carbocycles. The van der Waals surface area contributed by atoms with Crippen LogP contribution in [0.25, 0.3) is 22.7 Å². The van der Waals surface area contributed by atoms with Crippen LogP contribution in [0.2, 0.25) is 0 Å². The van der Waals surface area contributed by atoms with E-state index in [0.717, 1.165) is 11.1 Å². The minimum atomic E-state index is -1.04. The molecular formula is C23H22N6O5. The summed E-state index contributed by atoms with van der Waals surface area (Å²) >= 11 is 0. The monoisotopic (exact) mass is 462 g/mol. The molecular weight excluding hydrogens is 440 g/mol. The van der Waals surface area contributed by atoms with E-state index in [1.54, 1.807) is 19.4 Å². The molecule has 0 radical (unpaired) electrons. The van der Waals surface area contributed by atoms with Gasteiger partial charge < -0.3 is 29.6 Å². The summed E-state index contributed by atoms with van der Waals surface area (Å²) in [4.78, 5) is 29.1. The molecule has 4 aromatic rings. The van der Waals surface area contributed by atoms with Gasteiger partial charge in [-0.1, -0.05) is 30.3 Å². The van der Waals surface area contributed by atoms with Crippen molar-refractivity contribution in [2.24, 2.45) is 0 Å². The van der Waals surface area contributed by atoms with Gasteiger partial charge in [0, 0.05) is 17.3 Å². The van der Waals surface area contributed by atoms with Gasteiger partial charge >= 0.3 is 5.97 Å². The second kappa shape index (κ2) is 10.4. The number of anilines is 3. The Morgan fingerprint density at radius 3 is 2.56 bits per heavy atom. The third-order valence-corrected chi connectivity index (χ3v) is 4.79. The van der Waals surface area contributed by atoms with E-state index >= 15 is 0 Å². The maximum Gasteiger partial charge on any atom is 0.330 e. The standard InChI is InChI=1S/C23H22N6O5/c1-32-18-10-15(8-9-16(18)19-11-24-13-34-19)25-22-27-20(14-6-4-3-5-7-14)28-23(29-22)26-17(12-30)21(31)33-2/h3-11,13,17,30H,12H2,1-2H3,(H2,25,26,27,28,29). The Balaban J connectivity index is 1.68. The second-order valence-corrected chi connectivity index (χ2v) is 6.98. The highest BCUT2D eigenvalue weighted by molar-refractivity contribution is 5.79. The number of carbonyl (C=O) groups excluding carboxylic acids is 1. The Kier molecular flexibility index (Phi) is 6.94. The highest BCUT2D eigenvalue weighted by Crippen LogP contribution is 2.33. The van der Waals surface area contributed by atoms with Crippen molar-refractivity contribution in [2.75, 3.05) is 31.5 Å². The van der Waals surface area contributed by atoms with Crippen molar-refractivity contribution >= 4 is 23.6 Å². The molecule has 2 heterocycles. The summed E-state index contributed by atoms with van der Waals surface area (Å²) in [5, 5.41) is 15.5. The molecule has 2 aromatic heterocycles. The van der Waals surface area contributed by atoms with Crippen molar-refractivity contribution in [3.63, 3.8) is 0 Å². The number of ether oxygens (including phenoxy) is 2. The quantitative estimate of drug-likeness (QED) is 0.316. The molecule has 1 unspecified atom stereocenters. The number of carbonyl (C=O) groups is 1. The number of rotatable bonds is 9. The van der Waals surface area contributed by atoms with Gasteiger partial charge in [-0.25, -0.2) is 9.78 Å². The SMILES string of the molecule is COC(=O)C(CO)Nc1nc(Nc2ccc(-c3cnco3)c(OC)c2)nc(-c2ccccc2)n1. The molecule has 3 N–H and O–H groups in total. The number of nitrogens with one attached hydrogen (secondary N) is 2. The number of aliphatic hydroxyl groups excluding tert-OH is 1. The number of oxazole rings is 1. The first kappa shape index (κ1) is 22.7. The van der Waals surface area contributed by atoms with E-state index in [1.807, 2.05) is 42.5 Å². The van der Waals surface area contributed by atoms with Gasteiger partial charge in [0.25, 0.3) is 0 Å². The third kappa shape index (κ3) is 5.10. The Hall–Kier alpha value is -4.51. The fourth-order valence-electron chi connectivity index (χ4n) is 3.14. The van der Waals surface area contributed by atoms with Crippen LogP contribution in [0.5, 0.6) is 5.75 Å². The van der Waals surface area contributed by atoms with Crippen LogP contribution in [-0.2, 0) is 9.53 Å². The van der Waals surface area contributed by atoms with Crippen LogP contribution >= 0.6 is 0 Å². The van der Waals surface area contributed by atoms with Gasteiger partial charge in [-0.05, 0) is 12.1 Å². The molecule has 0 fully saturated rings. The van der Waals surface area contributed by atoms with Crippen molar-refractivity contribution in [3.05, 3.63) is 61.1 Å². The molecule has 0 bridgehead atoms. The van der Waals surface area contributed by atoms with Crippen molar-refractivity contribution in [1.82, 2.24) is 19.9 Å². The molecule has 0 aliphatic carbocycles. The van der Waals surface area contributed by atoms with Crippen LogP contribution in [0.3, 0.4) is 0 Å². The predicted molar refractivity (Wildman–Crippen MR) is 124 cm³/mol. The molecule has 1 atom stereocenters. The molecule has 4 rings (SSSR count). The van der Waals surface area contributed by atoms with Gasteiger partial charge in [-0.15, -0.1) is 0 Å². The summed E-state index contributed by atoms with van der Waals surface area (Å²) < 4.78 is 15.6. The minimum Gasteiger partial charge on any atom is -0.496 e. The summed E-state index contributed by atoms with van der Waals surface area (Å²) in [7, 11) is 2.79. The highest BCUT2D eigenvalue weighted by atomic mass is 16.5. The van der Waals surface area contributed by atoms with Gasteiger partial charge in [-0.2, -0.15) is 15.0 Å². The Morgan fingerprint density at radius 1 is 1.09 bits per heavy atom. The molecule has 0 saturated heterocycles. The first-order valence-electron chi connectivity index (χ1n) is 10.2. The number of methoxy groups -OCH3 is 2. The highest BCUT2D eigenvalue weighted by Gasteiger charge is 2.20. The average molecular weight is 462 g/mol. The van der Waals surface area contributed by atoms with E-state index < -0.39 is 18.6 Å². The molecule has 11 heteroatoms. The Labute approximate surface area is 194 Å². The van der Waals surface area contributed by atoms with E-state index in [1.165, 1.54) is 13.5 Å². The number of benzene rings is 2. The molecule has 2 aromatic carbocycles. The van der Waals surface area contributed by atoms with Crippen LogP contribution in [0.4, 0.5) is 17.6 Å². The zero-order valence-electron chi connectivity index (χ0n) is 18.4. The van der Waals surface area contributed by atoms with E-state index in [-0.39, 0.29) is 11.9 Å². The lowest BCUT2D eigenvalue weighted by atomic mass is 10.1. The maximum absolute atomic E-state index is 11.9. The van der Waals surface area contributed by atoms with Gasteiger partial charge in [0.05, 0.1) is 32.6 Å². The summed E-state index contributed by atoms with van der Waals surface area (Å²) in [6.07, 6.45) is 2.94. The number of aliphatic hydroxyl groups is 1. The number of esters is 1. The molecule has 0 aliphatic heterocycles. The minimum absolute atomic E-state index is 0.0889. The zero-order valence-corrected chi connectivity index (χ0v) is 18.4. The van der Waals surface area contributed by atoms with Gasteiger partial charge in [0.15, 0.2) is 24.0 Å². The van der Waals surface area contributed by atoms with E-state index in [9.17, 15) is 9.90 Å². The second-order valence-electron chi connectivity index (χ2n) is 6.98. The normalized spacial score (nSPS) is 11.5. The number of hydrogen-bond acceptors (Lipinski definition) is 11. The predicted octanol–water partition coefficient (Wildman–Crippen LogP) is 2.89. The number of nitrogens with zero attached hydrogens (tertiary/aromatic N) is 4. The van der Waals surface area contributed by atoms with Crippen LogP contribution in [-0.4, -0.2) is 57.9 Å². The smallest absolute Gasteiger partial charge is 0.330 e. The Morgan fingerprint density at radius 2 is 1.88 bits per heavy atom. The van der Waals surface area contributed by atoms with Crippen molar-refractivity contribution in [3.8, 4) is 28.5 Å². The van der Waals surface area contributed by atoms with E-state index in [4.69, 9.17) is 13.9 Å². The number of aromatic nitrogens is 4. The third-order valence-electron chi connectivity index (χ3n) is 4.79. The summed E-state index contributed by atoms with van der Waals surface area (Å²) in [6, 6.07) is 13.7. The van der Waals surface area contributed by atoms with Gasteiger partial charge in [0.2, 0.25) is 11.9 Å². The van der Waals surface area contributed by atoms with Crippen LogP contribution < -0.4 is 15.4 Å².